The second-order valence-corrected chi connectivity index (χ2v) is 4.77. The minimum Gasteiger partial charge on any atom is -0.494 e. The Labute approximate surface area is 127 Å². The first-order chi connectivity index (χ1) is 9.08. The van der Waals surface area contributed by atoms with Gasteiger partial charge in [0.2, 0.25) is 5.91 Å². The molecule has 4 nitrogen and oxygen atoms in total. The number of amides is 1. The van der Waals surface area contributed by atoms with Crippen LogP contribution in [0.5, 0.6) is 5.75 Å². The molecule has 20 heavy (non-hydrogen) atoms. The van der Waals surface area contributed by atoms with E-state index >= 15 is 0 Å². The third kappa shape index (κ3) is 5.80. The van der Waals surface area contributed by atoms with E-state index in [4.69, 9.17) is 4.74 Å². The molecule has 0 fully saturated rings. The molecule has 0 radical (unpaired) electrons. The van der Waals surface area contributed by atoms with Crippen molar-refractivity contribution in [1.82, 2.24) is 5.32 Å². The summed E-state index contributed by atoms with van der Waals surface area (Å²) in [6.45, 7) is 7.33. The molecule has 114 valence electrons. The molecule has 1 rings (SSSR count). The summed E-state index contributed by atoms with van der Waals surface area (Å²) in [4.78, 5) is 11.9. The molecule has 0 aromatic heterocycles. The maximum absolute atomic E-state index is 11.9. The SMILES string of the molecule is CCCOc1ccc(NC(=O)C(C)CNC)c(C)c1.Cl. The van der Waals surface area contributed by atoms with Crippen LogP contribution in [-0.2, 0) is 4.79 Å². The number of hydrogen-bond acceptors (Lipinski definition) is 3. The lowest BCUT2D eigenvalue weighted by Crippen LogP contribution is -2.28. The van der Waals surface area contributed by atoms with Gasteiger partial charge in [0, 0.05) is 18.2 Å². The van der Waals surface area contributed by atoms with Crippen molar-refractivity contribution >= 4 is 24.0 Å². The minimum atomic E-state index is -0.0552. The quantitative estimate of drug-likeness (QED) is 0.814. The van der Waals surface area contributed by atoms with Gasteiger partial charge in [0.05, 0.1) is 6.61 Å². The second-order valence-electron chi connectivity index (χ2n) is 4.77. The zero-order valence-electron chi connectivity index (χ0n) is 12.7. The molecule has 1 aromatic carbocycles. The van der Waals surface area contributed by atoms with Gasteiger partial charge in [-0.25, -0.2) is 0 Å². The lowest BCUT2D eigenvalue weighted by atomic mass is 10.1. The average molecular weight is 301 g/mol. The van der Waals surface area contributed by atoms with E-state index in [2.05, 4.69) is 17.6 Å². The van der Waals surface area contributed by atoms with Gasteiger partial charge in [-0.2, -0.15) is 0 Å². The van der Waals surface area contributed by atoms with Crippen LogP contribution in [0.1, 0.15) is 25.8 Å². The van der Waals surface area contributed by atoms with Crippen molar-refractivity contribution < 1.29 is 9.53 Å². The number of rotatable bonds is 7. The van der Waals surface area contributed by atoms with Crippen LogP contribution in [0.25, 0.3) is 0 Å². The molecule has 0 spiro atoms. The minimum absolute atomic E-state index is 0. The summed E-state index contributed by atoms with van der Waals surface area (Å²) in [7, 11) is 1.84. The summed E-state index contributed by atoms with van der Waals surface area (Å²) >= 11 is 0. The Morgan fingerprint density at radius 3 is 2.65 bits per heavy atom. The van der Waals surface area contributed by atoms with Gasteiger partial charge in [-0.15, -0.1) is 12.4 Å². The van der Waals surface area contributed by atoms with Gasteiger partial charge < -0.3 is 15.4 Å². The molecule has 0 heterocycles. The van der Waals surface area contributed by atoms with Crippen LogP contribution >= 0.6 is 12.4 Å². The van der Waals surface area contributed by atoms with Gasteiger partial charge in [0.1, 0.15) is 5.75 Å². The molecule has 0 aliphatic rings. The number of anilines is 1. The fraction of sp³-hybridized carbons (Fsp3) is 0.533. The van der Waals surface area contributed by atoms with E-state index in [9.17, 15) is 4.79 Å². The molecule has 1 atom stereocenters. The Morgan fingerprint density at radius 1 is 1.40 bits per heavy atom. The zero-order chi connectivity index (χ0) is 14.3. The Kier molecular flexibility index (Phi) is 9.01. The Morgan fingerprint density at radius 2 is 2.10 bits per heavy atom. The summed E-state index contributed by atoms with van der Waals surface area (Å²) < 4.78 is 5.56. The highest BCUT2D eigenvalue weighted by molar-refractivity contribution is 5.93. The van der Waals surface area contributed by atoms with Crippen LogP contribution in [0, 0.1) is 12.8 Å². The van der Waals surface area contributed by atoms with Crippen LogP contribution in [0.3, 0.4) is 0 Å². The molecule has 2 N–H and O–H groups in total. The molecule has 0 saturated heterocycles. The number of hydrogen-bond donors (Lipinski definition) is 2. The third-order valence-corrected chi connectivity index (χ3v) is 2.89. The number of carbonyl (C=O) groups is 1. The molecule has 0 aliphatic carbocycles. The van der Waals surface area contributed by atoms with Gasteiger partial charge in [0.25, 0.3) is 0 Å². The molecule has 1 aromatic rings. The second kappa shape index (κ2) is 9.61. The highest BCUT2D eigenvalue weighted by atomic mass is 35.5. The van der Waals surface area contributed by atoms with E-state index in [1.807, 2.05) is 39.1 Å². The maximum Gasteiger partial charge on any atom is 0.228 e. The predicted octanol–water partition coefficient (Wildman–Crippen LogP) is 3.00. The summed E-state index contributed by atoms with van der Waals surface area (Å²) in [5, 5.41) is 5.94. The van der Waals surface area contributed by atoms with Gasteiger partial charge >= 0.3 is 0 Å². The van der Waals surface area contributed by atoms with Crippen molar-refractivity contribution in [2.45, 2.75) is 27.2 Å². The lowest BCUT2D eigenvalue weighted by Gasteiger charge is -2.14. The molecule has 5 heteroatoms. The number of nitrogens with one attached hydrogen (secondary N) is 2. The molecule has 0 bridgehead atoms. The zero-order valence-corrected chi connectivity index (χ0v) is 13.5. The van der Waals surface area contributed by atoms with E-state index in [1.165, 1.54) is 0 Å². The summed E-state index contributed by atoms with van der Waals surface area (Å²) in [6.07, 6.45) is 0.985. The number of carbonyl (C=O) groups excluding carboxylic acids is 1. The van der Waals surface area contributed by atoms with Crippen LogP contribution in [0.4, 0.5) is 5.69 Å². The van der Waals surface area contributed by atoms with E-state index in [0.29, 0.717) is 13.2 Å². The van der Waals surface area contributed by atoms with Crippen LogP contribution in [0.2, 0.25) is 0 Å². The number of aryl methyl sites for hydroxylation is 1. The average Bonchev–Trinajstić information content (AvgIpc) is 2.39. The van der Waals surface area contributed by atoms with Crippen molar-refractivity contribution in [2.24, 2.45) is 5.92 Å². The van der Waals surface area contributed by atoms with Crippen molar-refractivity contribution in [1.29, 1.82) is 0 Å². The Hall–Kier alpha value is -1.26. The third-order valence-electron chi connectivity index (χ3n) is 2.89. The first-order valence-electron chi connectivity index (χ1n) is 6.77. The Bertz CT molecular complexity index is 424. The Balaban J connectivity index is 0.00000361. The van der Waals surface area contributed by atoms with Gasteiger partial charge in [-0.1, -0.05) is 13.8 Å². The van der Waals surface area contributed by atoms with Crippen LogP contribution in [0.15, 0.2) is 18.2 Å². The highest BCUT2D eigenvalue weighted by Crippen LogP contribution is 2.22. The first-order valence-corrected chi connectivity index (χ1v) is 6.77. The fourth-order valence-electron chi connectivity index (χ4n) is 1.74. The van der Waals surface area contributed by atoms with Gasteiger partial charge in [0.15, 0.2) is 0 Å². The van der Waals surface area contributed by atoms with Crippen molar-refractivity contribution in [3.8, 4) is 5.75 Å². The molecule has 0 aliphatic heterocycles. The molecular weight excluding hydrogens is 276 g/mol. The summed E-state index contributed by atoms with van der Waals surface area (Å²) in [6, 6.07) is 5.74. The lowest BCUT2D eigenvalue weighted by molar-refractivity contribution is -0.119. The standard InChI is InChI=1S/C15H24N2O2.ClH/c1-5-8-19-13-6-7-14(11(2)9-13)17-15(18)12(3)10-16-4;/h6-7,9,12,16H,5,8,10H2,1-4H3,(H,17,18);1H. The molecule has 0 saturated carbocycles. The number of halogens is 1. The van der Waals surface area contributed by atoms with Gasteiger partial charge in [-0.3, -0.25) is 4.79 Å². The normalized spacial score (nSPS) is 11.4. The summed E-state index contributed by atoms with van der Waals surface area (Å²) in [5.41, 5.74) is 1.86. The predicted molar refractivity (Wildman–Crippen MR) is 85.9 cm³/mol. The number of benzene rings is 1. The van der Waals surface area contributed by atoms with Crippen molar-refractivity contribution in [2.75, 3.05) is 25.5 Å². The van der Waals surface area contributed by atoms with Crippen LogP contribution < -0.4 is 15.4 Å². The maximum atomic E-state index is 11.9. The van der Waals surface area contributed by atoms with E-state index < -0.39 is 0 Å². The van der Waals surface area contributed by atoms with Crippen molar-refractivity contribution in [3.63, 3.8) is 0 Å². The smallest absolute Gasteiger partial charge is 0.228 e. The fourth-order valence-corrected chi connectivity index (χ4v) is 1.74. The monoisotopic (exact) mass is 300 g/mol. The number of ether oxygens (including phenoxy) is 1. The van der Waals surface area contributed by atoms with Crippen LogP contribution in [-0.4, -0.2) is 26.1 Å². The van der Waals surface area contributed by atoms with E-state index in [-0.39, 0.29) is 24.2 Å². The largest absolute Gasteiger partial charge is 0.494 e. The molecule has 1 amide bonds. The summed E-state index contributed by atoms with van der Waals surface area (Å²) in [5.74, 6) is 0.820. The van der Waals surface area contributed by atoms with Crippen molar-refractivity contribution in [3.05, 3.63) is 23.8 Å². The highest BCUT2D eigenvalue weighted by Gasteiger charge is 2.13. The molecule has 1 unspecified atom stereocenters. The topological polar surface area (TPSA) is 50.4 Å². The first kappa shape index (κ1) is 18.7. The van der Waals surface area contributed by atoms with E-state index in [0.717, 1.165) is 23.4 Å². The van der Waals surface area contributed by atoms with E-state index in [1.54, 1.807) is 0 Å². The van der Waals surface area contributed by atoms with Gasteiger partial charge in [-0.05, 0) is 44.2 Å². The molecular formula is C15H25ClN2O2.